The van der Waals surface area contributed by atoms with Crippen LogP contribution < -0.4 is 0 Å². The minimum absolute atomic E-state index is 0.0117. The van der Waals surface area contributed by atoms with Crippen molar-refractivity contribution in [1.82, 2.24) is 0 Å². The largest absolute Gasteiger partial charge is 0.452 e. The van der Waals surface area contributed by atoms with Crippen molar-refractivity contribution in [1.29, 1.82) is 0 Å². The van der Waals surface area contributed by atoms with Crippen LogP contribution in [0, 0.1) is 5.41 Å². The van der Waals surface area contributed by atoms with E-state index in [-0.39, 0.29) is 12.6 Å². The molecular formula is C14H18O3. The molecule has 0 radical (unpaired) electrons. The van der Waals surface area contributed by atoms with Gasteiger partial charge in [-0.1, -0.05) is 37.3 Å². The fraction of sp³-hybridized carbons (Fsp3) is 0.500. The number of aliphatic hydroxyl groups excluding tert-OH is 1. The summed E-state index contributed by atoms with van der Waals surface area (Å²) in [5.74, 6) is -0.169. The lowest BCUT2D eigenvalue weighted by Crippen LogP contribution is -2.63. The summed E-state index contributed by atoms with van der Waals surface area (Å²) in [5.41, 5.74) is -0.218. The van der Waals surface area contributed by atoms with E-state index in [2.05, 4.69) is 0 Å². The lowest BCUT2D eigenvalue weighted by molar-refractivity contribution is -0.250. The highest BCUT2D eigenvalue weighted by Gasteiger charge is 2.65. The third-order valence-electron chi connectivity index (χ3n) is 4.02. The Morgan fingerprint density at radius 3 is 2.41 bits per heavy atom. The van der Waals surface area contributed by atoms with Crippen LogP contribution in [0.25, 0.3) is 0 Å². The molecule has 1 aromatic carbocycles. The SMILES string of the molecule is CCC1(C)C(=O)OC1(CCO)c1ccccc1. The van der Waals surface area contributed by atoms with Gasteiger partial charge in [-0.15, -0.1) is 0 Å². The maximum absolute atomic E-state index is 11.7. The second-order valence-electron chi connectivity index (χ2n) is 4.74. The van der Waals surface area contributed by atoms with Gasteiger partial charge in [0.25, 0.3) is 0 Å². The molecule has 1 aliphatic rings. The number of benzene rings is 1. The summed E-state index contributed by atoms with van der Waals surface area (Å²) in [6.07, 6.45) is 1.16. The van der Waals surface area contributed by atoms with Gasteiger partial charge in [0.1, 0.15) is 5.41 Å². The van der Waals surface area contributed by atoms with Crippen LogP contribution in [-0.2, 0) is 15.1 Å². The number of esters is 1. The van der Waals surface area contributed by atoms with Crippen LogP contribution in [0.15, 0.2) is 30.3 Å². The molecule has 1 aliphatic heterocycles. The van der Waals surface area contributed by atoms with Gasteiger partial charge in [0, 0.05) is 13.0 Å². The third kappa shape index (κ3) is 1.49. The molecule has 3 heteroatoms. The molecule has 17 heavy (non-hydrogen) atoms. The van der Waals surface area contributed by atoms with Crippen molar-refractivity contribution in [3.8, 4) is 0 Å². The van der Waals surface area contributed by atoms with Gasteiger partial charge in [0.2, 0.25) is 0 Å². The zero-order chi connectivity index (χ0) is 12.5. The van der Waals surface area contributed by atoms with Crippen LogP contribution in [0.3, 0.4) is 0 Å². The highest BCUT2D eigenvalue weighted by Crippen LogP contribution is 2.56. The van der Waals surface area contributed by atoms with E-state index in [0.29, 0.717) is 12.8 Å². The zero-order valence-corrected chi connectivity index (χ0v) is 10.3. The minimum atomic E-state index is -0.658. The summed E-state index contributed by atoms with van der Waals surface area (Å²) >= 11 is 0. The number of carbonyl (C=O) groups is 1. The fourth-order valence-corrected chi connectivity index (χ4v) is 2.65. The molecule has 1 aromatic rings. The molecule has 92 valence electrons. The molecule has 2 unspecified atom stereocenters. The smallest absolute Gasteiger partial charge is 0.317 e. The highest BCUT2D eigenvalue weighted by molar-refractivity contribution is 5.85. The van der Waals surface area contributed by atoms with Gasteiger partial charge in [-0.05, 0) is 18.9 Å². The number of carbonyl (C=O) groups excluding carboxylic acids is 1. The van der Waals surface area contributed by atoms with Crippen molar-refractivity contribution >= 4 is 5.97 Å². The van der Waals surface area contributed by atoms with Crippen LogP contribution in [0.4, 0.5) is 0 Å². The molecule has 0 aliphatic carbocycles. The summed E-state index contributed by atoms with van der Waals surface area (Å²) in [7, 11) is 0. The molecule has 0 spiro atoms. The van der Waals surface area contributed by atoms with Crippen LogP contribution in [0.5, 0.6) is 0 Å². The molecule has 3 nitrogen and oxygen atoms in total. The van der Waals surface area contributed by atoms with E-state index in [1.54, 1.807) is 0 Å². The van der Waals surface area contributed by atoms with E-state index in [1.807, 2.05) is 44.2 Å². The Bertz CT molecular complexity index is 415. The van der Waals surface area contributed by atoms with Gasteiger partial charge in [-0.25, -0.2) is 0 Å². The van der Waals surface area contributed by atoms with Crippen LogP contribution in [-0.4, -0.2) is 17.7 Å². The Kier molecular flexibility index (Phi) is 2.96. The lowest BCUT2D eigenvalue weighted by atomic mass is 9.62. The van der Waals surface area contributed by atoms with Gasteiger partial charge in [0.15, 0.2) is 5.60 Å². The second kappa shape index (κ2) is 4.15. The minimum Gasteiger partial charge on any atom is -0.452 e. The number of hydrogen-bond acceptors (Lipinski definition) is 3. The average molecular weight is 234 g/mol. The molecule has 1 fully saturated rings. The first-order valence-corrected chi connectivity index (χ1v) is 6.00. The molecular weight excluding hydrogens is 216 g/mol. The average Bonchev–Trinajstić information content (AvgIpc) is 2.38. The molecule has 0 aromatic heterocycles. The first kappa shape index (κ1) is 12.1. The molecule has 0 saturated carbocycles. The van der Waals surface area contributed by atoms with Crippen molar-refractivity contribution in [2.75, 3.05) is 6.61 Å². The van der Waals surface area contributed by atoms with Crippen molar-refractivity contribution in [3.05, 3.63) is 35.9 Å². The van der Waals surface area contributed by atoms with Crippen LogP contribution in [0.2, 0.25) is 0 Å². The topological polar surface area (TPSA) is 46.5 Å². The molecule has 0 bridgehead atoms. The maximum atomic E-state index is 11.7. The molecule has 1 saturated heterocycles. The van der Waals surface area contributed by atoms with Crippen LogP contribution >= 0.6 is 0 Å². The number of rotatable bonds is 4. The standard InChI is InChI=1S/C14H18O3/c1-3-13(2)12(16)17-14(13,9-10-15)11-7-5-4-6-8-11/h4-8,15H,3,9-10H2,1-2H3. The quantitative estimate of drug-likeness (QED) is 0.813. The highest BCUT2D eigenvalue weighted by atomic mass is 16.6. The van der Waals surface area contributed by atoms with Gasteiger partial charge in [0.05, 0.1) is 0 Å². The summed E-state index contributed by atoms with van der Waals surface area (Å²) in [5, 5.41) is 9.25. The number of cyclic esters (lactones) is 1. The van der Waals surface area contributed by atoms with Crippen LogP contribution in [0.1, 0.15) is 32.3 Å². The van der Waals surface area contributed by atoms with Crippen molar-refractivity contribution in [2.24, 2.45) is 5.41 Å². The summed E-state index contributed by atoms with van der Waals surface area (Å²) in [4.78, 5) is 11.7. The number of hydrogen-bond donors (Lipinski definition) is 1. The molecule has 1 heterocycles. The Labute approximate surface area is 101 Å². The second-order valence-corrected chi connectivity index (χ2v) is 4.74. The van der Waals surface area contributed by atoms with Gasteiger partial charge in [-0.3, -0.25) is 4.79 Å². The summed E-state index contributed by atoms with van der Waals surface area (Å²) in [6, 6.07) is 9.69. The fourth-order valence-electron chi connectivity index (χ4n) is 2.65. The van der Waals surface area contributed by atoms with Crippen molar-refractivity contribution < 1.29 is 14.6 Å². The van der Waals surface area contributed by atoms with E-state index in [0.717, 1.165) is 5.56 Å². The first-order chi connectivity index (χ1) is 8.10. The molecule has 0 amide bonds. The summed E-state index contributed by atoms with van der Waals surface area (Å²) in [6.45, 7) is 3.91. The summed E-state index contributed by atoms with van der Waals surface area (Å²) < 4.78 is 5.46. The molecule has 2 atom stereocenters. The Balaban J connectivity index is 2.45. The lowest BCUT2D eigenvalue weighted by Gasteiger charge is -2.55. The molecule has 2 rings (SSSR count). The third-order valence-corrected chi connectivity index (χ3v) is 4.02. The maximum Gasteiger partial charge on any atom is 0.317 e. The van der Waals surface area contributed by atoms with E-state index in [1.165, 1.54) is 0 Å². The predicted molar refractivity (Wildman–Crippen MR) is 64.3 cm³/mol. The van der Waals surface area contributed by atoms with Gasteiger partial charge in [-0.2, -0.15) is 0 Å². The molecule has 1 N–H and O–H groups in total. The van der Waals surface area contributed by atoms with Gasteiger partial charge >= 0.3 is 5.97 Å². The van der Waals surface area contributed by atoms with Crippen molar-refractivity contribution in [3.63, 3.8) is 0 Å². The van der Waals surface area contributed by atoms with E-state index >= 15 is 0 Å². The monoisotopic (exact) mass is 234 g/mol. The van der Waals surface area contributed by atoms with E-state index in [9.17, 15) is 9.90 Å². The van der Waals surface area contributed by atoms with E-state index < -0.39 is 11.0 Å². The van der Waals surface area contributed by atoms with Crippen molar-refractivity contribution in [2.45, 2.75) is 32.3 Å². The normalized spacial score (nSPS) is 31.8. The Hall–Kier alpha value is -1.35. The van der Waals surface area contributed by atoms with Gasteiger partial charge < -0.3 is 9.84 Å². The Morgan fingerprint density at radius 2 is 1.94 bits per heavy atom. The first-order valence-electron chi connectivity index (χ1n) is 6.00. The zero-order valence-electron chi connectivity index (χ0n) is 10.3. The Morgan fingerprint density at radius 1 is 1.29 bits per heavy atom. The number of ether oxygens (including phenoxy) is 1. The predicted octanol–water partition coefficient (Wildman–Crippen LogP) is 2.24. The van der Waals surface area contributed by atoms with E-state index in [4.69, 9.17) is 4.74 Å². The number of aliphatic hydroxyl groups is 1.